The van der Waals surface area contributed by atoms with E-state index in [1.54, 1.807) is 0 Å². The molecule has 0 aromatic heterocycles. The van der Waals surface area contributed by atoms with E-state index in [1.165, 1.54) is 60.2 Å². The molecule has 0 spiro atoms. The molecule has 1 aliphatic rings. The van der Waals surface area contributed by atoms with Crippen LogP contribution in [-0.4, -0.2) is 17.7 Å². The summed E-state index contributed by atoms with van der Waals surface area (Å²) < 4.78 is 0. The third kappa shape index (κ3) is 5.87. The molecule has 140 valence electrons. The van der Waals surface area contributed by atoms with Gasteiger partial charge in [-0.05, 0) is 53.8 Å². The molecule has 2 nitrogen and oxygen atoms in total. The number of nitrogens with zero attached hydrogens (tertiary/aromatic N) is 1. The second-order valence-electron chi connectivity index (χ2n) is 7.54. The summed E-state index contributed by atoms with van der Waals surface area (Å²) in [6.45, 7) is 3.88. The van der Waals surface area contributed by atoms with Crippen LogP contribution in [0.2, 0.25) is 0 Å². The maximum atomic E-state index is 5.74. The minimum atomic E-state index is 0.619. The molecule has 0 heterocycles. The molecule has 2 aromatic rings. The van der Waals surface area contributed by atoms with Crippen molar-refractivity contribution in [3.05, 3.63) is 65.2 Å². The molecule has 1 saturated carbocycles. The summed E-state index contributed by atoms with van der Waals surface area (Å²) in [5.41, 5.74) is 9.75. The van der Waals surface area contributed by atoms with E-state index in [0.29, 0.717) is 6.54 Å². The van der Waals surface area contributed by atoms with Crippen LogP contribution in [0, 0.1) is 5.92 Å². The van der Waals surface area contributed by atoms with Crippen molar-refractivity contribution in [3.8, 4) is 0 Å². The van der Waals surface area contributed by atoms with Crippen LogP contribution in [0.1, 0.15) is 48.8 Å². The van der Waals surface area contributed by atoms with E-state index in [-0.39, 0.29) is 0 Å². The van der Waals surface area contributed by atoms with Crippen molar-refractivity contribution >= 4 is 11.8 Å². The van der Waals surface area contributed by atoms with Gasteiger partial charge in [0, 0.05) is 31.1 Å². The van der Waals surface area contributed by atoms with Gasteiger partial charge in [0.2, 0.25) is 0 Å². The van der Waals surface area contributed by atoms with E-state index < -0.39 is 0 Å². The Morgan fingerprint density at radius 3 is 1.92 bits per heavy atom. The summed E-state index contributed by atoms with van der Waals surface area (Å²) in [5.74, 6) is 0.859. The van der Waals surface area contributed by atoms with Crippen molar-refractivity contribution in [3.63, 3.8) is 0 Å². The number of benzene rings is 2. The molecule has 0 radical (unpaired) electrons. The highest BCUT2D eigenvalue weighted by atomic mass is 32.2. The van der Waals surface area contributed by atoms with Gasteiger partial charge in [0.15, 0.2) is 0 Å². The maximum absolute atomic E-state index is 5.74. The van der Waals surface area contributed by atoms with Crippen LogP contribution in [0.15, 0.2) is 53.4 Å². The summed E-state index contributed by atoms with van der Waals surface area (Å²) >= 11 is 1.81. The molecule has 26 heavy (non-hydrogen) atoms. The summed E-state index contributed by atoms with van der Waals surface area (Å²) in [5, 5.41) is 0. The van der Waals surface area contributed by atoms with Crippen molar-refractivity contribution in [2.45, 2.75) is 56.6 Å². The molecule has 2 N–H and O–H groups in total. The van der Waals surface area contributed by atoms with Gasteiger partial charge in [0.25, 0.3) is 0 Å². The molecule has 0 aliphatic heterocycles. The smallest absolute Gasteiger partial charge is 0.0237 e. The predicted octanol–water partition coefficient (Wildman–Crippen LogP) is 5.45. The van der Waals surface area contributed by atoms with Crippen LogP contribution in [-0.2, 0) is 19.6 Å². The highest BCUT2D eigenvalue weighted by Crippen LogP contribution is 2.26. The van der Waals surface area contributed by atoms with Crippen molar-refractivity contribution in [2.24, 2.45) is 11.7 Å². The maximum Gasteiger partial charge on any atom is 0.0237 e. The van der Waals surface area contributed by atoms with Gasteiger partial charge in [-0.15, -0.1) is 11.8 Å². The predicted molar refractivity (Wildman–Crippen MR) is 113 cm³/mol. The Kier molecular flexibility index (Phi) is 7.60. The summed E-state index contributed by atoms with van der Waals surface area (Å²) in [4.78, 5) is 3.98. The van der Waals surface area contributed by atoms with E-state index in [2.05, 4.69) is 59.7 Å². The third-order valence-corrected chi connectivity index (χ3v) is 6.21. The molecule has 0 bridgehead atoms. The average molecular weight is 369 g/mol. The number of hydrogen-bond donors (Lipinski definition) is 1. The zero-order valence-corrected chi connectivity index (χ0v) is 16.8. The first-order valence-electron chi connectivity index (χ1n) is 9.90. The highest BCUT2D eigenvalue weighted by molar-refractivity contribution is 7.98. The molecule has 1 aliphatic carbocycles. The van der Waals surface area contributed by atoms with Crippen LogP contribution in [0.3, 0.4) is 0 Å². The molecule has 0 saturated heterocycles. The van der Waals surface area contributed by atoms with Gasteiger partial charge in [0.05, 0.1) is 0 Å². The van der Waals surface area contributed by atoms with Crippen molar-refractivity contribution in [2.75, 3.05) is 12.8 Å². The number of nitrogens with two attached hydrogens (primary N) is 1. The number of rotatable bonds is 8. The van der Waals surface area contributed by atoms with Gasteiger partial charge in [-0.2, -0.15) is 0 Å². The first kappa shape index (κ1) is 19.5. The molecule has 1 fully saturated rings. The minimum absolute atomic E-state index is 0.619. The van der Waals surface area contributed by atoms with Crippen LogP contribution >= 0.6 is 11.8 Å². The quantitative estimate of drug-likeness (QED) is 0.628. The summed E-state index contributed by atoms with van der Waals surface area (Å²) in [6.07, 6.45) is 9.17. The Hall–Kier alpha value is -1.29. The molecule has 3 rings (SSSR count). The van der Waals surface area contributed by atoms with Gasteiger partial charge >= 0.3 is 0 Å². The molecule has 0 amide bonds. The Bertz CT molecular complexity index is 595. The fraction of sp³-hybridized carbons (Fsp3) is 0.478. The van der Waals surface area contributed by atoms with Crippen molar-refractivity contribution < 1.29 is 0 Å². The SMILES string of the molecule is CSc1ccc(CN(Cc2ccc(CN)cc2)CC2CCCCC2)cc1. The standard InChI is InChI=1S/C23H32N2S/c1-26-23-13-11-22(12-14-23)18-25(16-20-5-3-2-4-6-20)17-21-9-7-19(15-24)8-10-21/h7-14,20H,2-6,15-18,24H2,1H3. The molecule has 0 atom stereocenters. The second-order valence-corrected chi connectivity index (χ2v) is 8.42. The Labute approximate surface area is 163 Å². The zero-order chi connectivity index (χ0) is 18.2. The lowest BCUT2D eigenvalue weighted by Gasteiger charge is -2.30. The van der Waals surface area contributed by atoms with Gasteiger partial charge in [-0.1, -0.05) is 55.7 Å². The number of thioether (sulfide) groups is 1. The Morgan fingerprint density at radius 2 is 1.38 bits per heavy atom. The Morgan fingerprint density at radius 1 is 0.846 bits per heavy atom. The first-order chi connectivity index (χ1) is 12.8. The molecule has 0 unspecified atom stereocenters. The van der Waals surface area contributed by atoms with Gasteiger partial charge in [-0.3, -0.25) is 4.90 Å². The topological polar surface area (TPSA) is 29.3 Å². The summed E-state index contributed by atoms with van der Waals surface area (Å²) in [6, 6.07) is 17.9. The number of hydrogen-bond acceptors (Lipinski definition) is 3. The Balaban J connectivity index is 1.68. The van der Waals surface area contributed by atoms with Gasteiger partial charge in [0.1, 0.15) is 0 Å². The van der Waals surface area contributed by atoms with E-state index in [1.807, 2.05) is 11.8 Å². The largest absolute Gasteiger partial charge is 0.326 e. The van der Waals surface area contributed by atoms with E-state index in [9.17, 15) is 0 Å². The van der Waals surface area contributed by atoms with E-state index in [4.69, 9.17) is 5.73 Å². The lowest BCUT2D eigenvalue weighted by atomic mass is 9.88. The molecule has 3 heteroatoms. The van der Waals surface area contributed by atoms with Crippen LogP contribution < -0.4 is 5.73 Å². The zero-order valence-electron chi connectivity index (χ0n) is 16.0. The van der Waals surface area contributed by atoms with Crippen LogP contribution in [0.25, 0.3) is 0 Å². The monoisotopic (exact) mass is 368 g/mol. The second kappa shape index (κ2) is 10.1. The van der Waals surface area contributed by atoms with E-state index >= 15 is 0 Å². The van der Waals surface area contributed by atoms with Gasteiger partial charge in [-0.25, -0.2) is 0 Å². The fourth-order valence-corrected chi connectivity index (χ4v) is 4.36. The van der Waals surface area contributed by atoms with Gasteiger partial charge < -0.3 is 5.73 Å². The third-order valence-electron chi connectivity index (χ3n) is 5.47. The molecule has 2 aromatic carbocycles. The van der Waals surface area contributed by atoms with Crippen molar-refractivity contribution in [1.82, 2.24) is 4.90 Å². The highest BCUT2D eigenvalue weighted by Gasteiger charge is 2.18. The lowest BCUT2D eigenvalue weighted by Crippen LogP contribution is -2.30. The van der Waals surface area contributed by atoms with Crippen LogP contribution in [0.4, 0.5) is 0 Å². The van der Waals surface area contributed by atoms with Crippen LogP contribution in [0.5, 0.6) is 0 Å². The van der Waals surface area contributed by atoms with E-state index in [0.717, 1.165) is 19.0 Å². The molecular weight excluding hydrogens is 336 g/mol. The fourth-order valence-electron chi connectivity index (χ4n) is 3.95. The normalized spacial score (nSPS) is 15.5. The summed E-state index contributed by atoms with van der Waals surface area (Å²) in [7, 11) is 0. The van der Waals surface area contributed by atoms with Crippen molar-refractivity contribution in [1.29, 1.82) is 0 Å². The minimum Gasteiger partial charge on any atom is -0.326 e. The first-order valence-corrected chi connectivity index (χ1v) is 11.1. The lowest BCUT2D eigenvalue weighted by molar-refractivity contribution is 0.187. The average Bonchev–Trinajstić information content (AvgIpc) is 2.70. The molecular formula is C23H32N2S.